The number of ether oxygens (including phenoxy) is 1. The minimum atomic E-state index is -2.87. The van der Waals surface area contributed by atoms with E-state index < -0.39 is 12.0 Å². The van der Waals surface area contributed by atoms with Crippen molar-refractivity contribution in [2.75, 3.05) is 19.6 Å². The number of carbonyl (C=O) groups is 1. The molecular weight excluding hydrogens is 314 g/mol. The van der Waals surface area contributed by atoms with Gasteiger partial charge in [-0.25, -0.2) is 0 Å². The van der Waals surface area contributed by atoms with Crippen LogP contribution in [0.1, 0.15) is 38.7 Å². The molecule has 0 bridgehead atoms. The van der Waals surface area contributed by atoms with Crippen molar-refractivity contribution in [1.82, 2.24) is 10.2 Å². The van der Waals surface area contributed by atoms with Crippen molar-refractivity contribution in [1.29, 1.82) is 0 Å². The second-order valence-corrected chi connectivity index (χ2v) is 7.40. The highest BCUT2D eigenvalue weighted by molar-refractivity contribution is 5.88. The molecule has 1 saturated carbocycles. The van der Waals surface area contributed by atoms with E-state index in [1.54, 1.807) is 12.1 Å². The topological polar surface area (TPSA) is 41.6 Å². The van der Waals surface area contributed by atoms with Gasteiger partial charge in [0.15, 0.2) is 0 Å². The van der Waals surface area contributed by atoms with Crippen molar-refractivity contribution >= 4 is 5.91 Å². The van der Waals surface area contributed by atoms with Crippen molar-refractivity contribution < 1.29 is 18.3 Å². The maximum absolute atomic E-state index is 12.8. The van der Waals surface area contributed by atoms with Crippen LogP contribution < -0.4 is 10.1 Å². The number of nitrogens with zero attached hydrogens (tertiary/aromatic N) is 1. The Morgan fingerprint density at radius 3 is 2.62 bits per heavy atom. The number of hydrogen-bond donors (Lipinski definition) is 1. The maximum Gasteiger partial charge on any atom is 0.387 e. The summed E-state index contributed by atoms with van der Waals surface area (Å²) in [5.74, 6) is -0.000176. The van der Waals surface area contributed by atoms with Crippen LogP contribution in [-0.4, -0.2) is 42.6 Å². The SMILES string of the molecule is CC(C)(C(=O)NC1(CN2CCC2)CC1)c1cccc(OC(F)F)c1. The van der Waals surface area contributed by atoms with E-state index in [-0.39, 0.29) is 17.2 Å². The van der Waals surface area contributed by atoms with E-state index in [0.29, 0.717) is 5.56 Å². The number of carbonyl (C=O) groups excluding carboxylic acids is 1. The van der Waals surface area contributed by atoms with Crippen LogP contribution in [0.4, 0.5) is 8.78 Å². The Labute approximate surface area is 141 Å². The fraction of sp³-hybridized carbons (Fsp3) is 0.611. The lowest BCUT2D eigenvalue weighted by Crippen LogP contribution is -2.53. The monoisotopic (exact) mass is 338 g/mol. The molecule has 2 fully saturated rings. The van der Waals surface area contributed by atoms with Gasteiger partial charge in [-0.1, -0.05) is 12.1 Å². The lowest BCUT2D eigenvalue weighted by molar-refractivity contribution is -0.126. The van der Waals surface area contributed by atoms with Gasteiger partial charge < -0.3 is 15.0 Å². The van der Waals surface area contributed by atoms with Crippen molar-refractivity contribution in [3.8, 4) is 5.75 Å². The van der Waals surface area contributed by atoms with Gasteiger partial charge in [0.1, 0.15) is 5.75 Å². The molecule has 1 saturated heterocycles. The first-order valence-electron chi connectivity index (χ1n) is 8.41. The number of nitrogens with one attached hydrogen (secondary N) is 1. The summed E-state index contributed by atoms with van der Waals surface area (Å²) in [6, 6.07) is 6.39. The van der Waals surface area contributed by atoms with Gasteiger partial charge in [-0.15, -0.1) is 0 Å². The fourth-order valence-electron chi connectivity index (χ4n) is 3.03. The third kappa shape index (κ3) is 3.69. The molecule has 0 radical (unpaired) electrons. The number of alkyl halides is 2. The second kappa shape index (κ2) is 6.31. The molecule has 2 aliphatic rings. The molecule has 0 spiro atoms. The Balaban J connectivity index is 1.68. The third-order valence-corrected chi connectivity index (χ3v) is 5.06. The summed E-state index contributed by atoms with van der Waals surface area (Å²) >= 11 is 0. The first-order chi connectivity index (χ1) is 11.3. The van der Waals surface area contributed by atoms with Crippen LogP contribution in [0.2, 0.25) is 0 Å². The summed E-state index contributed by atoms with van der Waals surface area (Å²) in [6.45, 7) is 3.86. The molecule has 1 N–H and O–H groups in total. The van der Waals surface area contributed by atoms with Crippen LogP contribution in [0.3, 0.4) is 0 Å². The van der Waals surface area contributed by atoms with Crippen molar-refractivity contribution in [2.45, 2.75) is 50.7 Å². The van der Waals surface area contributed by atoms with E-state index in [0.717, 1.165) is 32.5 Å². The lowest BCUT2D eigenvalue weighted by Gasteiger charge is -2.36. The first kappa shape index (κ1) is 17.1. The Hall–Kier alpha value is -1.69. The second-order valence-electron chi connectivity index (χ2n) is 7.40. The lowest BCUT2D eigenvalue weighted by atomic mass is 9.83. The number of rotatable bonds is 7. The number of benzene rings is 1. The smallest absolute Gasteiger partial charge is 0.387 e. The van der Waals surface area contributed by atoms with Crippen molar-refractivity contribution in [3.63, 3.8) is 0 Å². The van der Waals surface area contributed by atoms with E-state index >= 15 is 0 Å². The molecule has 0 unspecified atom stereocenters. The molecule has 1 heterocycles. The molecular formula is C18H24F2N2O2. The summed E-state index contributed by atoms with van der Waals surface area (Å²) in [4.78, 5) is 15.2. The average molecular weight is 338 g/mol. The van der Waals surface area contributed by atoms with Gasteiger partial charge in [0, 0.05) is 6.54 Å². The molecule has 1 aromatic carbocycles. The van der Waals surface area contributed by atoms with Crippen LogP contribution in [0.15, 0.2) is 24.3 Å². The predicted molar refractivity (Wildman–Crippen MR) is 87.3 cm³/mol. The number of amides is 1. The van der Waals surface area contributed by atoms with Crippen LogP contribution >= 0.6 is 0 Å². The predicted octanol–water partition coefficient (Wildman–Crippen LogP) is 2.92. The van der Waals surface area contributed by atoms with Crippen LogP contribution in [-0.2, 0) is 10.2 Å². The molecule has 1 aromatic rings. The van der Waals surface area contributed by atoms with Crippen molar-refractivity contribution in [2.24, 2.45) is 0 Å². The van der Waals surface area contributed by atoms with Crippen LogP contribution in [0, 0.1) is 0 Å². The zero-order valence-corrected chi connectivity index (χ0v) is 14.1. The normalized spacial score (nSPS) is 19.7. The van der Waals surface area contributed by atoms with Crippen LogP contribution in [0.5, 0.6) is 5.75 Å². The van der Waals surface area contributed by atoms with Crippen molar-refractivity contribution in [3.05, 3.63) is 29.8 Å². The summed E-state index contributed by atoms with van der Waals surface area (Å²) < 4.78 is 29.2. The minimum Gasteiger partial charge on any atom is -0.435 e. The molecule has 1 aliphatic heterocycles. The zero-order valence-electron chi connectivity index (χ0n) is 14.1. The largest absolute Gasteiger partial charge is 0.435 e. The molecule has 24 heavy (non-hydrogen) atoms. The highest BCUT2D eigenvalue weighted by Gasteiger charge is 2.48. The Bertz CT molecular complexity index is 611. The maximum atomic E-state index is 12.8. The van der Waals surface area contributed by atoms with Gasteiger partial charge in [-0.05, 0) is 63.9 Å². The third-order valence-electron chi connectivity index (χ3n) is 5.06. The van der Waals surface area contributed by atoms with E-state index in [9.17, 15) is 13.6 Å². The number of likely N-dealkylation sites (tertiary alicyclic amines) is 1. The summed E-state index contributed by atoms with van der Waals surface area (Å²) in [5.41, 5.74) is -0.254. The molecule has 0 aromatic heterocycles. The highest BCUT2D eigenvalue weighted by Crippen LogP contribution is 2.38. The molecule has 1 aliphatic carbocycles. The van der Waals surface area contributed by atoms with Crippen LogP contribution in [0.25, 0.3) is 0 Å². The first-order valence-corrected chi connectivity index (χ1v) is 8.41. The molecule has 132 valence electrons. The summed E-state index contributed by atoms with van der Waals surface area (Å²) in [6.07, 6.45) is 3.23. The Morgan fingerprint density at radius 2 is 2.08 bits per heavy atom. The molecule has 3 rings (SSSR count). The Kier molecular flexibility index (Phi) is 4.51. The minimum absolute atomic E-state index is 0.0742. The van der Waals surface area contributed by atoms with E-state index in [1.165, 1.54) is 18.6 Å². The van der Waals surface area contributed by atoms with Gasteiger partial charge in [-0.3, -0.25) is 4.79 Å². The van der Waals surface area contributed by atoms with Gasteiger partial charge in [0.2, 0.25) is 5.91 Å². The summed E-state index contributed by atoms with van der Waals surface area (Å²) in [7, 11) is 0. The van der Waals surface area contributed by atoms with E-state index in [1.807, 2.05) is 13.8 Å². The van der Waals surface area contributed by atoms with Gasteiger partial charge in [-0.2, -0.15) is 8.78 Å². The van der Waals surface area contributed by atoms with Gasteiger partial charge in [0.05, 0.1) is 11.0 Å². The number of halogens is 2. The fourth-order valence-corrected chi connectivity index (χ4v) is 3.03. The zero-order chi connectivity index (χ0) is 17.4. The molecule has 1 amide bonds. The number of hydrogen-bond acceptors (Lipinski definition) is 3. The quantitative estimate of drug-likeness (QED) is 0.831. The highest BCUT2D eigenvalue weighted by atomic mass is 19.3. The molecule has 6 heteroatoms. The van der Waals surface area contributed by atoms with E-state index in [2.05, 4.69) is 15.0 Å². The Morgan fingerprint density at radius 1 is 1.38 bits per heavy atom. The van der Waals surface area contributed by atoms with Gasteiger partial charge >= 0.3 is 6.61 Å². The van der Waals surface area contributed by atoms with E-state index in [4.69, 9.17) is 0 Å². The average Bonchev–Trinajstić information content (AvgIpc) is 3.22. The van der Waals surface area contributed by atoms with Gasteiger partial charge in [0.25, 0.3) is 0 Å². The standard InChI is InChI=1S/C18H24F2N2O2/c1-17(2,13-5-3-6-14(11-13)24-16(19)20)15(23)21-18(7-8-18)12-22-9-4-10-22/h3,5-6,11,16H,4,7-10,12H2,1-2H3,(H,21,23). The molecule has 4 nitrogen and oxygen atoms in total. The molecule has 0 atom stereocenters. The summed E-state index contributed by atoms with van der Waals surface area (Å²) in [5, 5.41) is 3.20.